The third-order valence-corrected chi connectivity index (χ3v) is 7.31. The quantitative estimate of drug-likeness (QED) is 0.546. The molecule has 0 radical (unpaired) electrons. The fourth-order valence-electron chi connectivity index (χ4n) is 5.44. The van der Waals surface area contributed by atoms with Gasteiger partial charge in [-0.25, -0.2) is 4.79 Å². The van der Waals surface area contributed by atoms with Crippen LogP contribution in [0.5, 0.6) is 5.75 Å². The Balaban J connectivity index is 1.50. The van der Waals surface area contributed by atoms with Crippen LogP contribution in [0.4, 0.5) is 0 Å². The van der Waals surface area contributed by atoms with Crippen molar-refractivity contribution >= 4 is 16.8 Å². The molecule has 0 saturated heterocycles. The molecule has 3 atom stereocenters. The minimum atomic E-state index is -0.362. The number of fused-ring (bicyclic) bond motifs is 2. The lowest BCUT2D eigenvalue weighted by atomic mass is 9.48. The summed E-state index contributed by atoms with van der Waals surface area (Å²) in [4.78, 5) is 23.9. The molecule has 4 nitrogen and oxygen atoms in total. The van der Waals surface area contributed by atoms with Crippen molar-refractivity contribution in [1.82, 2.24) is 0 Å². The summed E-state index contributed by atoms with van der Waals surface area (Å²) in [5.41, 5.74) is 1.10. The van der Waals surface area contributed by atoms with Gasteiger partial charge in [0.25, 0.3) is 0 Å². The Labute approximate surface area is 165 Å². The van der Waals surface area contributed by atoms with E-state index in [1.54, 1.807) is 12.1 Å². The molecular weight excluding hydrogens is 352 g/mol. The van der Waals surface area contributed by atoms with E-state index in [1.807, 2.05) is 12.1 Å². The van der Waals surface area contributed by atoms with Crippen molar-refractivity contribution in [3.8, 4) is 5.75 Å². The first-order chi connectivity index (χ1) is 13.2. The number of benzene rings is 1. The van der Waals surface area contributed by atoms with Crippen LogP contribution in [0.15, 0.2) is 51.7 Å². The summed E-state index contributed by atoms with van der Waals surface area (Å²) in [5, 5.41) is 0.874. The standard InChI is InChI=1S/C24H28O4/c1-15-17(6-9-20-23(2,3)21(25)11-12-24(15,20)4)14-27-18-8-5-16-7-10-22(26)28-19(16)13-18/h5,7-8,10,13,17,20H,1,6,9,11-12,14H2,2-4H3/t17-,20+,24+/m0/s1. The Morgan fingerprint density at radius 1 is 1.14 bits per heavy atom. The number of rotatable bonds is 3. The number of hydrogen-bond acceptors (Lipinski definition) is 4. The number of carbonyl (C=O) groups excluding carboxylic acids is 1. The molecule has 2 aliphatic carbocycles. The molecule has 1 aromatic carbocycles. The Hall–Kier alpha value is -2.36. The molecule has 0 amide bonds. The molecule has 2 aliphatic rings. The number of ketones is 1. The van der Waals surface area contributed by atoms with Crippen LogP contribution >= 0.6 is 0 Å². The van der Waals surface area contributed by atoms with Crippen LogP contribution in [0.2, 0.25) is 0 Å². The van der Waals surface area contributed by atoms with Gasteiger partial charge in [0.05, 0.1) is 6.61 Å². The van der Waals surface area contributed by atoms with Gasteiger partial charge in [0, 0.05) is 35.3 Å². The minimum Gasteiger partial charge on any atom is -0.493 e. The Morgan fingerprint density at radius 2 is 1.89 bits per heavy atom. The molecule has 4 heteroatoms. The summed E-state index contributed by atoms with van der Waals surface area (Å²) < 4.78 is 11.3. The molecule has 2 fully saturated rings. The van der Waals surface area contributed by atoms with Crippen LogP contribution in [0.1, 0.15) is 46.5 Å². The lowest BCUT2D eigenvalue weighted by Crippen LogP contribution is -2.52. The number of Topliss-reactive ketones (excluding diaryl/α,β-unsaturated/α-hetero) is 1. The second-order valence-electron chi connectivity index (χ2n) is 9.18. The molecule has 148 valence electrons. The van der Waals surface area contributed by atoms with Gasteiger partial charge in [-0.3, -0.25) is 4.79 Å². The Bertz CT molecular complexity index is 999. The monoisotopic (exact) mass is 380 g/mol. The summed E-state index contributed by atoms with van der Waals surface area (Å²) in [6, 6.07) is 8.75. The highest BCUT2D eigenvalue weighted by molar-refractivity contribution is 5.85. The number of hydrogen-bond donors (Lipinski definition) is 0. The summed E-state index contributed by atoms with van der Waals surface area (Å²) in [5.74, 6) is 1.69. The zero-order valence-electron chi connectivity index (χ0n) is 16.9. The van der Waals surface area contributed by atoms with Crippen molar-refractivity contribution in [2.75, 3.05) is 6.61 Å². The van der Waals surface area contributed by atoms with Crippen molar-refractivity contribution in [2.24, 2.45) is 22.7 Å². The molecule has 0 N–H and O–H groups in total. The van der Waals surface area contributed by atoms with Crippen LogP contribution in [0, 0.1) is 22.7 Å². The molecule has 4 rings (SSSR count). The van der Waals surface area contributed by atoms with Crippen LogP contribution in [-0.4, -0.2) is 12.4 Å². The van der Waals surface area contributed by atoms with Gasteiger partial charge in [0.15, 0.2) is 0 Å². The molecule has 1 aromatic heterocycles. The van der Waals surface area contributed by atoms with Gasteiger partial charge in [0.2, 0.25) is 0 Å². The molecule has 2 saturated carbocycles. The zero-order chi connectivity index (χ0) is 20.1. The average molecular weight is 380 g/mol. The summed E-state index contributed by atoms with van der Waals surface area (Å²) in [6.07, 6.45) is 3.53. The van der Waals surface area contributed by atoms with Crippen molar-refractivity contribution in [2.45, 2.75) is 46.5 Å². The normalized spacial score (nSPS) is 29.5. The van der Waals surface area contributed by atoms with Crippen molar-refractivity contribution in [3.63, 3.8) is 0 Å². The average Bonchev–Trinajstić information content (AvgIpc) is 2.65. The first kappa shape index (κ1) is 19.0. The largest absolute Gasteiger partial charge is 0.493 e. The van der Waals surface area contributed by atoms with Crippen molar-refractivity contribution in [1.29, 1.82) is 0 Å². The maximum absolute atomic E-state index is 12.5. The fraction of sp³-hybridized carbons (Fsp3) is 0.500. The highest BCUT2D eigenvalue weighted by Gasteiger charge is 2.54. The first-order valence-electron chi connectivity index (χ1n) is 10.1. The molecule has 28 heavy (non-hydrogen) atoms. The molecular formula is C24H28O4. The van der Waals surface area contributed by atoms with Crippen molar-refractivity contribution in [3.05, 3.63) is 52.9 Å². The lowest BCUT2D eigenvalue weighted by Gasteiger charge is -2.55. The van der Waals surface area contributed by atoms with E-state index >= 15 is 0 Å². The first-order valence-corrected chi connectivity index (χ1v) is 10.1. The van der Waals surface area contributed by atoms with E-state index in [0.29, 0.717) is 36.1 Å². The maximum atomic E-state index is 12.5. The molecule has 0 spiro atoms. The molecule has 1 heterocycles. The smallest absolute Gasteiger partial charge is 0.336 e. The summed E-state index contributed by atoms with van der Waals surface area (Å²) in [6.45, 7) is 11.5. The van der Waals surface area contributed by atoms with E-state index in [9.17, 15) is 9.59 Å². The van der Waals surface area contributed by atoms with Crippen LogP contribution in [-0.2, 0) is 4.79 Å². The van der Waals surface area contributed by atoms with Gasteiger partial charge < -0.3 is 9.15 Å². The number of ether oxygens (including phenoxy) is 1. The Morgan fingerprint density at radius 3 is 2.68 bits per heavy atom. The van der Waals surface area contributed by atoms with Gasteiger partial charge in [0.1, 0.15) is 17.1 Å². The fourth-order valence-corrected chi connectivity index (χ4v) is 5.44. The molecule has 0 unspecified atom stereocenters. The van der Waals surface area contributed by atoms with Gasteiger partial charge in [-0.05, 0) is 48.8 Å². The third-order valence-electron chi connectivity index (χ3n) is 7.31. The van der Waals surface area contributed by atoms with Gasteiger partial charge in [-0.15, -0.1) is 0 Å². The SMILES string of the molecule is C=C1[C@H](COc2ccc3ccc(=O)oc3c2)CC[C@@H]2C(C)(C)C(=O)CC[C@]12C. The second kappa shape index (κ2) is 6.61. The lowest BCUT2D eigenvalue weighted by molar-refractivity contribution is -0.140. The highest BCUT2D eigenvalue weighted by Crippen LogP contribution is 2.59. The minimum absolute atomic E-state index is 0.0140. The van der Waals surface area contributed by atoms with Crippen LogP contribution in [0.3, 0.4) is 0 Å². The second-order valence-corrected chi connectivity index (χ2v) is 9.18. The summed E-state index contributed by atoms with van der Waals surface area (Å²) in [7, 11) is 0. The van der Waals surface area contributed by atoms with E-state index in [1.165, 1.54) is 11.6 Å². The van der Waals surface area contributed by atoms with Crippen LogP contribution in [0.25, 0.3) is 11.0 Å². The van der Waals surface area contributed by atoms with E-state index in [4.69, 9.17) is 9.15 Å². The van der Waals surface area contributed by atoms with Crippen molar-refractivity contribution < 1.29 is 13.9 Å². The van der Waals surface area contributed by atoms with Gasteiger partial charge >= 0.3 is 5.63 Å². The molecule has 0 bridgehead atoms. The van der Waals surface area contributed by atoms with E-state index < -0.39 is 0 Å². The van der Waals surface area contributed by atoms with Crippen LogP contribution < -0.4 is 10.4 Å². The number of carbonyl (C=O) groups is 1. The highest BCUT2D eigenvalue weighted by atomic mass is 16.5. The predicted octanol–water partition coefficient (Wildman–Crippen LogP) is 5.15. The Kier molecular flexibility index (Phi) is 4.48. The van der Waals surface area contributed by atoms with E-state index in [2.05, 4.69) is 27.4 Å². The topological polar surface area (TPSA) is 56.5 Å². The van der Waals surface area contributed by atoms with Gasteiger partial charge in [-0.2, -0.15) is 0 Å². The zero-order valence-corrected chi connectivity index (χ0v) is 16.9. The third kappa shape index (κ3) is 2.99. The van der Waals surface area contributed by atoms with E-state index in [-0.39, 0.29) is 22.4 Å². The predicted molar refractivity (Wildman–Crippen MR) is 109 cm³/mol. The summed E-state index contributed by atoms with van der Waals surface area (Å²) >= 11 is 0. The van der Waals surface area contributed by atoms with E-state index in [0.717, 1.165) is 24.6 Å². The maximum Gasteiger partial charge on any atom is 0.336 e. The van der Waals surface area contributed by atoms with Gasteiger partial charge in [-0.1, -0.05) is 32.9 Å². The molecule has 0 aliphatic heterocycles. The molecule has 2 aromatic rings.